The van der Waals surface area contributed by atoms with Crippen molar-refractivity contribution in [2.75, 3.05) is 26.2 Å². The maximum absolute atomic E-state index is 12.4. The zero-order valence-corrected chi connectivity index (χ0v) is 13.1. The molecule has 1 amide bonds. The summed E-state index contributed by atoms with van der Waals surface area (Å²) in [5.74, 6) is 6.58. The molecule has 3 fully saturated rings. The van der Waals surface area contributed by atoms with Gasteiger partial charge in [0.15, 0.2) is 0 Å². The summed E-state index contributed by atoms with van der Waals surface area (Å²) in [4.78, 5) is 16.6. The fraction of sp³-hybridized carbons (Fsp3) is 0.562. The van der Waals surface area contributed by atoms with Gasteiger partial charge in [-0.1, -0.05) is 11.8 Å². The minimum atomic E-state index is 0.0441. The van der Waals surface area contributed by atoms with Gasteiger partial charge in [0.1, 0.15) is 0 Å². The van der Waals surface area contributed by atoms with Gasteiger partial charge >= 0.3 is 0 Å². The van der Waals surface area contributed by atoms with E-state index in [1.807, 2.05) is 13.0 Å². The van der Waals surface area contributed by atoms with Crippen LogP contribution in [-0.4, -0.2) is 43.0 Å². The summed E-state index contributed by atoms with van der Waals surface area (Å²) in [6.07, 6.45) is 2.42. The number of nitrogens with one attached hydrogen (secondary N) is 1. The lowest BCUT2D eigenvalue weighted by Crippen LogP contribution is -2.57. The molecule has 1 unspecified atom stereocenters. The summed E-state index contributed by atoms with van der Waals surface area (Å²) in [7, 11) is 0. The number of amides is 1. The van der Waals surface area contributed by atoms with E-state index in [4.69, 9.17) is 5.73 Å². The molecule has 5 heteroatoms. The predicted octanol–water partition coefficient (Wildman–Crippen LogP) is 1.19. The van der Waals surface area contributed by atoms with Crippen LogP contribution in [0.15, 0.2) is 6.07 Å². The molecule has 3 saturated heterocycles. The van der Waals surface area contributed by atoms with Crippen molar-refractivity contribution in [1.82, 2.24) is 10.2 Å². The van der Waals surface area contributed by atoms with Crippen LogP contribution >= 0.6 is 11.3 Å². The fourth-order valence-electron chi connectivity index (χ4n) is 3.22. The van der Waals surface area contributed by atoms with Crippen LogP contribution in [0.25, 0.3) is 0 Å². The van der Waals surface area contributed by atoms with Crippen LogP contribution in [0.4, 0.5) is 0 Å². The second-order valence-electron chi connectivity index (χ2n) is 5.85. The summed E-state index contributed by atoms with van der Waals surface area (Å²) < 4.78 is 0. The molecule has 4 rings (SSSR count). The highest BCUT2D eigenvalue weighted by Gasteiger charge is 2.35. The van der Waals surface area contributed by atoms with Gasteiger partial charge in [-0.05, 0) is 50.4 Å². The first-order valence-corrected chi connectivity index (χ1v) is 8.31. The van der Waals surface area contributed by atoms with Crippen LogP contribution in [0.3, 0.4) is 0 Å². The topological polar surface area (TPSA) is 58.4 Å². The van der Waals surface area contributed by atoms with E-state index >= 15 is 0 Å². The Morgan fingerprint density at radius 2 is 2.29 bits per heavy atom. The third-order valence-corrected chi connectivity index (χ3v) is 5.57. The van der Waals surface area contributed by atoms with Gasteiger partial charge in [-0.25, -0.2) is 0 Å². The Bertz CT molecular complexity index is 590. The van der Waals surface area contributed by atoms with Crippen LogP contribution in [0.1, 0.15) is 33.0 Å². The van der Waals surface area contributed by atoms with Gasteiger partial charge in [0, 0.05) is 12.6 Å². The van der Waals surface area contributed by atoms with Gasteiger partial charge in [0.25, 0.3) is 5.91 Å². The first-order valence-electron chi connectivity index (χ1n) is 7.50. The Labute approximate surface area is 129 Å². The maximum Gasteiger partial charge on any atom is 0.261 e. The molecule has 3 N–H and O–H groups in total. The molecule has 21 heavy (non-hydrogen) atoms. The van der Waals surface area contributed by atoms with Gasteiger partial charge in [-0.3, -0.25) is 4.79 Å². The molecule has 4 nitrogen and oxygen atoms in total. The van der Waals surface area contributed by atoms with Gasteiger partial charge in [0.05, 0.1) is 16.3 Å². The maximum atomic E-state index is 12.4. The predicted molar refractivity (Wildman–Crippen MR) is 85.4 cm³/mol. The van der Waals surface area contributed by atoms with E-state index in [0.717, 1.165) is 21.9 Å². The molecule has 0 aliphatic carbocycles. The van der Waals surface area contributed by atoms with Gasteiger partial charge < -0.3 is 16.0 Å². The Kier molecular flexibility index (Phi) is 4.29. The Morgan fingerprint density at radius 1 is 1.52 bits per heavy atom. The quantitative estimate of drug-likeness (QED) is 0.807. The van der Waals surface area contributed by atoms with Crippen molar-refractivity contribution in [3.05, 3.63) is 21.4 Å². The summed E-state index contributed by atoms with van der Waals surface area (Å²) in [5.41, 5.74) is 6.45. The zero-order chi connectivity index (χ0) is 14.8. The number of carbonyl (C=O) groups is 1. The van der Waals surface area contributed by atoms with E-state index in [1.165, 1.54) is 37.3 Å². The number of aryl methyl sites for hydroxylation is 1. The first-order chi connectivity index (χ1) is 10.2. The monoisotopic (exact) mass is 303 g/mol. The van der Waals surface area contributed by atoms with Crippen molar-refractivity contribution in [1.29, 1.82) is 0 Å². The number of fused-ring (bicyclic) bond motifs is 3. The molecular formula is C16H21N3OS. The first kappa shape index (κ1) is 14.6. The number of nitrogens with two attached hydrogens (primary N) is 1. The number of hydrogen-bond donors (Lipinski definition) is 2. The largest absolute Gasteiger partial charge is 0.347 e. The lowest BCUT2D eigenvalue weighted by Gasteiger charge is -2.44. The van der Waals surface area contributed by atoms with E-state index in [0.29, 0.717) is 18.5 Å². The van der Waals surface area contributed by atoms with E-state index < -0.39 is 0 Å². The van der Waals surface area contributed by atoms with Gasteiger partial charge in [-0.2, -0.15) is 0 Å². The molecule has 3 aliphatic heterocycles. The molecule has 1 atom stereocenters. The van der Waals surface area contributed by atoms with Crippen molar-refractivity contribution in [2.24, 2.45) is 11.7 Å². The van der Waals surface area contributed by atoms with E-state index in [2.05, 4.69) is 22.1 Å². The van der Waals surface area contributed by atoms with Crippen molar-refractivity contribution in [2.45, 2.75) is 25.8 Å². The molecule has 0 saturated carbocycles. The summed E-state index contributed by atoms with van der Waals surface area (Å²) >= 11 is 1.46. The van der Waals surface area contributed by atoms with Crippen LogP contribution in [0.2, 0.25) is 0 Å². The molecule has 2 bridgehead atoms. The SMILES string of the molecule is Cc1cc(C(=O)NC2CN3CCC2CC3)sc1C#CCN. The van der Waals surface area contributed by atoms with Crippen LogP contribution in [-0.2, 0) is 0 Å². The van der Waals surface area contributed by atoms with E-state index in [-0.39, 0.29) is 5.91 Å². The van der Waals surface area contributed by atoms with Gasteiger partial charge in [-0.15, -0.1) is 11.3 Å². The fourth-order valence-corrected chi connectivity index (χ4v) is 4.17. The lowest BCUT2D eigenvalue weighted by molar-refractivity contribution is 0.0622. The second kappa shape index (κ2) is 6.18. The number of thiophene rings is 1. The Hall–Kier alpha value is -1.35. The van der Waals surface area contributed by atoms with Crippen molar-refractivity contribution < 1.29 is 4.79 Å². The molecule has 112 valence electrons. The number of piperidine rings is 3. The number of carbonyl (C=O) groups excluding carboxylic acids is 1. The van der Waals surface area contributed by atoms with E-state index in [1.54, 1.807) is 0 Å². The molecule has 1 aromatic heterocycles. The molecule has 1 aromatic rings. The minimum absolute atomic E-state index is 0.0441. The Balaban J connectivity index is 1.68. The Morgan fingerprint density at radius 3 is 2.90 bits per heavy atom. The van der Waals surface area contributed by atoms with Crippen molar-refractivity contribution >= 4 is 17.2 Å². The minimum Gasteiger partial charge on any atom is -0.347 e. The van der Waals surface area contributed by atoms with E-state index in [9.17, 15) is 4.79 Å². The van der Waals surface area contributed by atoms with Crippen molar-refractivity contribution in [3.63, 3.8) is 0 Å². The third kappa shape index (κ3) is 3.13. The summed E-state index contributed by atoms with van der Waals surface area (Å²) in [6, 6.07) is 2.24. The number of nitrogens with zero attached hydrogens (tertiary/aromatic N) is 1. The molecule has 4 heterocycles. The van der Waals surface area contributed by atoms with Gasteiger partial charge in [0.2, 0.25) is 0 Å². The van der Waals surface area contributed by atoms with Crippen LogP contribution in [0, 0.1) is 24.7 Å². The smallest absolute Gasteiger partial charge is 0.261 e. The summed E-state index contributed by atoms with van der Waals surface area (Å²) in [6.45, 7) is 5.71. The third-order valence-electron chi connectivity index (χ3n) is 4.42. The highest BCUT2D eigenvalue weighted by Crippen LogP contribution is 2.28. The molecule has 3 aliphatic rings. The normalized spacial score (nSPS) is 27.0. The highest BCUT2D eigenvalue weighted by molar-refractivity contribution is 7.14. The zero-order valence-electron chi connectivity index (χ0n) is 12.3. The van der Waals surface area contributed by atoms with Crippen LogP contribution in [0.5, 0.6) is 0 Å². The number of rotatable bonds is 2. The number of hydrogen-bond acceptors (Lipinski definition) is 4. The average Bonchev–Trinajstić information content (AvgIpc) is 2.87. The summed E-state index contributed by atoms with van der Waals surface area (Å²) in [5, 5.41) is 3.22. The van der Waals surface area contributed by atoms with Crippen molar-refractivity contribution in [3.8, 4) is 11.8 Å². The molecule has 0 aromatic carbocycles. The molecule has 0 radical (unpaired) electrons. The second-order valence-corrected chi connectivity index (χ2v) is 6.90. The van der Waals surface area contributed by atoms with Crippen LogP contribution < -0.4 is 11.1 Å². The molecular weight excluding hydrogens is 282 g/mol. The standard InChI is InChI=1S/C16H21N3OS/c1-11-9-15(21-14(11)3-2-6-17)16(20)18-13-10-19-7-4-12(13)5-8-19/h9,12-13H,4-8,10,17H2,1H3,(H,18,20). The lowest BCUT2D eigenvalue weighted by atomic mass is 9.84. The average molecular weight is 303 g/mol. The highest BCUT2D eigenvalue weighted by atomic mass is 32.1. The molecule has 0 spiro atoms.